The largest absolute Gasteiger partial charge is 0.478 e. The van der Waals surface area contributed by atoms with Crippen LogP contribution in [0.1, 0.15) is 26.4 Å². The Morgan fingerprint density at radius 1 is 1.37 bits per heavy atom. The zero-order valence-electron chi connectivity index (χ0n) is 10.4. The summed E-state index contributed by atoms with van der Waals surface area (Å²) < 4.78 is 1.39. The molecule has 19 heavy (non-hydrogen) atoms. The van der Waals surface area contributed by atoms with E-state index in [4.69, 9.17) is 5.11 Å². The lowest BCUT2D eigenvalue weighted by Crippen LogP contribution is -2.15. The van der Waals surface area contributed by atoms with Gasteiger partial charge in [-0.25, -0.2) is 4.79 Å². The quantitative estimate of drug-likeness (QED) is 0.860. The molecule has 0 saturated carbocycles. The third kappa shape index (κ3) is 2.76. The van der Waals surface area contributed by atoms with Crippen LogP contribution in [0.5, 0.6) is 0 Å². The fourth-order valence-corrected chi connectivity index (χ4v) is 1.58. The molecule has 7 heteroatoms. The van der Waals surface area contributed by atoms with E-state index in [0.717, 1.165) is 5.56 Å². The number of hydrogen-bond donors (Lipinski definition) is 2. The second-order valence-electron chi connectivity index (χ2n) is 4.09. The smallest absolute Gasteiger partial charge is 0.337 e. The van der Waals surface area contributed by atoms with Crippen LogP contribution in [-0.2, 0) is 7.05 Å². The molecular weight excluding hydrogens is 248 g/mol. The maximum atomic E-state index is 11.9. The van der Waals surface area contributed by atoms with E-state index in [2.05, 4.69) is 15.6 Å². The predicted molar refractivity (Wildman–Crippen MR) is 67.1 cm³/mol. The number of carbonyl (C=O) groups excluding carboxylic acids is 1. The van der Waals surface area contributed by atoms with E-state index in [1.165, 1.54) is 16.9 Å². The molecule has 1 amide bonds. The Labute approximate surface area is 108 Å². The number of carboxylic acid groups (broad SMARTS) is 1. The number of nitrogens with one attached hydrogen (secondary N) is 1. The molecule has 0 bridgehead atoms. The molecule has 0 radical (unpaired) electrons. The molecule has 0 spiro atoms. The van der Waals surface area contributed by atoms with Gasteiger partial charge in [0.05, 0.1) is 17.4 Å². The molecule has 0 aliphatic carbocycles. The highest BCUT2D eigenvalue weighted by Crippen LogP contribution is 2.18. The van der Waals surface area contributed by atoms with Crippen molar-refractivity contribution in [3.8, 4) is 0 Å². The van der Waals surface area contributed by atoms with Crippen LogP contribution in [0.2, 0.25) is 0 Å². The molecule has 0 unspecified atom stereocenters. The van der Waals surface area contributed by atoms with Crippen molar-refractivity contribution in [3.63, 3.8) is 0 Å². The summed E-state index contributed by atoms with van der Waals surface area (Å²) in [6.07, 6.45) is 1.45. The van der Waals surface area contributed by atoms with E-state index in [1.807, 2.05) is 0 Å². The molecule has 0 fully saturated rings. The van der Waals surface area contributed by atoms with Gasteiger partial charge in [0.2, 0.25) is 0 Å². The number of aryl methyl sites for hydroxylation is 2. The summed E-state index contributed by atoms with van der Waals surface area (Å²) in [5, 5.41) is 18.9. The number of hydrogen-bond acceptors (Lipinski definition) is 4. The highest BCUT2D eigenvalue weighted by molar-refractivity contribution is 6.06. The Balaban J connectivity index is 2.28. The normalized spacial score (nSPS) is 10.2. The van der Waals surface area contributed by atoms with Gasteiger partial charge in [-0.3, -0.25) is 9.48 Å². The van der Waals surface area contributed by atoms with Crippen LogP contribution in [0.25, 0.3) is 0 Å². The standard InChI is InChI=1S/C12H12N4O3/c1-7-3-4-9(8(5-7)12(18)19)13-11(17)10-6-16(2)15-14-10/h3-6H,1-2H3,(H,13,17)(H,18,19). The van der Waals surface area contributed by atoms with Crippen molar-refractivity contribution >= 4 is 17.6 Å². The minimum absolute atomic E-state index is 0.0391. The summed E-state index contributed by atoms with van der Waals surface area (Å²) in [4.78, 5) is 23.0. The van der Waals surface area contributed by atoms with Crippen molar-refractivity contribution in [1.82, 2.24) is 15.0 Å². The summed E-state index contributed by atoms with van der Waals surface area (Å²) >= 11 is 0. The fourth-order valence-electron chi connectivity index (χ4n) is 1.58. The number of nitrogens with zero attached hydrogens (tertiary/aromatic N) is 3. The van der Waals surface area contributed by atoms with Gasteiger partial charge in [-0.1, -0.05) is 16.8 Å². The number of aromatic carboxylic acids is 1. The van der Waals surface area contributed by atoms with Crippen molar-refractivity contribution < 1.29 is 14.7 Å². The summed E-state index contributed by atoms with van der Waals surface area (Å²) in [6.45, 7) is 1.78. The number of anilines is 1. The van der Waals surface area contributed by atoms with Crippen LogP contribution < -0.4 is 5.32 Å². The highest BCUT2D eigenvalue weighted by Gasteiger charge is 2.15. The predicted octanol–water partition coefficient (Wildman–Crippen LogP) is 1.07. The van der Waals surface area contributed by atoms with Crippen LogP contribution >= 0.6 is 0 Å². The van der Waals surface area contributed by atoms with E-state index >= 15 is 0 Å². The average Bonchev–Trinajstić information content (AvgIpc) is 2.78. The molecule has 0 atom stereocenters. The number of aromatic nitrogens is 3. The first kappa shape index (κ1) is 12.7. The highest BCUT2D eigenvalue weighted by atomic mass is 16.4. The molecule has 2 rings (SSSR count). The van der Waals surface area contributed by atoms with Crippen molar-refractivity contribution in [2.75, 3.05) is 5.32 Å². The zero-order valence-corrected chi connectivity index (χ0v) is 10.4. The monoisotopic (exact) mass is 260 g/mol. The number of carboxylic acids is 1. The minimum Gasteiger partial charge on any atom is -0.478 e. The Kier molecular flexibility index (Phi) is 3.28. The molecule has 1 aromatic heterocycles. The van der Waals surface area contributed by atoms with Gasteiger partial charge >= 0.3 is 5.97 Å². The molecule has 2 aromatic rings. The summed E-state index contributed by atoms with van der Waals surface area (Å²) in [6, 6.07) is 4.76. The lowest BCUT2D eigenvalue weighted by molar-refractivity contribution is 0.0698. The van der Waals surface area contributed by atoms with Gasteiger partial charge in [0.25, 0.3) is 5.91 Å². The maximum Gasteiger partial charge on any atom is 0.337 e. The SMILES string of the molecule is Cc1ccc(NC(=O)c2cn(C)nn2)c(C(=O)O)c1. The van der Waals surface area contributed by atoms with Gasteiger partial charge in [-0.15, -0.1) is 5.10 Å². The van der Waals surface area contributed by atoms with Crippen molar-refractivity contribution in [2.24, 2.45) is 7.05 Å². The molecule has 1 aromatic carbocycles. The van der Waals surface area contributed by atoms with Crippen molar-refractivity contribution in [3.05, 3.63) is 41.2 Å². The van der Waals surface area contributed by atoms with Gasteiger partial charge in [0.15, 0.2) is 5.69 Å². The van der Waals surface area contributed by atoms with Crippen LogP contribution in [0, 0.1) is 6.92 Å². The van der Waals surface area contributed by atoms with Crippen molar-refractivity contribution in [2.45, 2.75) is 6.92 Å². The molecule has 2 N–H and O–H groups in total. The molecular formula is C12H12N4O3. The number of benzene rings is 1. The summed E-state index contributed by atoms with van der Waals surface area (Å²) in [7, 11) is 1.64. The lowest BCUT2D eigenvalue weighted by Gasteiger charge is -2.07. The van der Waals surface area contributed by atoms with Crippen LogP contribution in [0.4, 0.5) is 5.69 Å². The minimum atomic E-state index is -1.10. The molecule has 1 heterocycles. The van der Waals surface area contributed by atoms with Crippen LogP contribution in [-0.4, -0.2) is 32.0 Å². The second-order valence-corrected chi connectivity index (χ2v) is 4.09. The maximum absolute atomic E-state index is 11.9. The molecule has 0 aliphatic heterocycles. The fraction of sp³-hybridized carbons (Fsp3) is 0.167. The second kappa shape index (κ2) is 4.89. The number of carbonyl (C=O) groups is 2. The van der Waals surface area contributed by atoms with Crippen LogP contribution in [0.3, 0.4) is 0 Å². The molecule has 0 saturated heterocycles. The van der Waals surface area contributed by atoms with Gasteiger partial charge in [-0.05, 0) is 19.1 Å². The first-order valence-electron chi connectivity index (χ1n) is 5.49. The molecule has 0 aliphatic rings. The van der Waals surface area contributed by atoms with E-state index in [0.29, 0.717) is 0 Å². The van der Waals surface area contributed by atoms with E-state index in [1.54, 1.807) is 26.1 Å². The van der Waals surface area contributed by atoms with Crippen molar-refractivity contribution in [1.29, 1.82) is 0 Å². The number of rotatable bonds is 3. The lowest BCUT2D eigenvalue weighted by atomic mass is 10.1. The Morgan fingerprint density at radius 3 is 2.68 bits per heavy atom. The van der Waals surface area contributed by atoms with E-state index in [-0.39, 0.29) is 16.9 Å². The van der Waals surface area contributed by atoms with Gasteiger partial charge in [0, 0.05) is 7.05 Å². The Hall–Kier alpha value is -2.70. The number of amides is 1. The van der Waals surface area contributed by atoms with E-state index < -0.39 is 11.9 Å². The third-order valence-corrected chi connectivity index (χ3v) is 2.49. The Morgan fingerprint density at radius 2 is 2.11 bits per heavy atom. The molecule has 7 nitrogen and oxygen atoms in total. The topological polar surface area (TPSA) is 97.1 Å². The molecule has 98 valence electrons. The average molecular weight is 260 g/mol. The van der Waals surface area contributed by atoms with Crippen LogP contribution in [0.15, 0.2) is 24.4 Å². The summed E-state index contributed by atoms with van der Waals surface area (Å²) in [5.41, 5.74) is 1.19. The Bertz CT molecular complexity index is 648. The summed E-state index contributed by atoms with van der Waals surface area (Å²) in [5.74, 6) is -1.60. The zero-order chi connectivity index (χ0) is 14.0. The van der Waals surface area contributed by atoms with Gasteiger partial charge < -0.3 is 10.4 Å². The van der Waals surface area contributed by atoms with E-state index in [9.17, 15) is 9.59 Å². The first-order valence-corrected chi connectivity index (χ1v) is 5.49. The van der Waals surface area contributed by atoms with Gasteiger partial charge in [0.1, 0.15) is 0 Å². The first-order chi connectivity index (χ1) is 8.97. The third-order valence-electron chi connectivity index (χ3n) is 2.49. The van der Waals surface area contributed by atoms with Gasteiger partial charge in [-0.2, -0.15) is 0 Å².